The highest BCUT2D eigenvalue weighted by Gasteiger charge is 2.23. The topological polar surface area (TPSA) is 49.4 Å². The van der Waals surface area contributed by atoms with E-state index in [1.807, 2.05) is 0 Å². The molecule has 0 bridgehead atoms. The second-order valence-corrected chi connectivity index (χ2v) is 4.10. The van der Waals surface area contributed by atoms with Gasteiger partial charge in [0.05, 0.1) is 11.4 Å². The van der Waals surface area contributed by atoms with Crippen molar-refractivity contribution in [3.8, 4) is 0 Å². The second kappa shape index (κ2) is 3.89. The standard InChI is InChI=1S/C7H11BrN2O2/c1-5(8)7(12)10-3-2-9-6(11)4-10/h5H,2-4H2,1H3,(H,9,11). The summed E-state index contributed by atoms with van der Waals surface area (Å²) in [5.74, 6) is -0.104. The van der Waals surface area contributed by atoms with Gasteiger partial charge in [0.15, 0.2) is 0 Å². The van der Waals surface area contributed by atoms with Crippen molar-refractivity contribution >= 4 is 27.7 Å². The van der Waals surface area contributed by atoms with Crippen LogP contribution in [0.1, 0.15) is 6.92 Å². The predicted molar refractivity (Wildman–Crippen MR) is 48.0 cm³/mol. The van der Waals surface area contributed by atoms with Gasteiger partial charge in [0.25, 0.3) is 0 Å². The minimum absolute atomic E-state index is 0.0233. The Kier molecular flexibility index (Phi) is 3.08. The fourth-order valence-corrected chi connectivity index (χ4v) is 1.37. The van der Waals surface area contributed by atoms with Gasteiger partial charge in [0, 0.05) is 13.1 Å². The van der Waals surface area contributed by atoms with E-state index >= 15 is 0 Å². The normalized spacial score (nSPS) is 20.2. The first-order chi connectivity index (χ1) is 5.61. The number of halogens is 1. The fourth-order valence-electron chi connectivity index (χ4n) is 1.08. The molecule has 2 amide bonds. The summed E-state index contributed by atoms with van der Waals surface area (Å²) >= 11 is 3.17. The Hall–Kier alpha value is -0.580. The maximum Gasteiger partial charge on any atom is 0.239 e. The van der Waals surface area contributed by atoms with Crippen LogP contribution >= 0.6 is 15.9 Å². The first kappa shape index (κ1) is 9.51. The molecule has 1 fully saturated rings. The van der Waals surface area contributed by atoms with Gasteiger partial charge in [-0.3, -0.25) is 9.59 Å². The third-order valence-electron chi connectivity index (χ3n) is 1.69. The molecule has 0 aromatic heterocycles. The molecule has 1 N–H and O–H groups in total. The Morgan fingerprint density at radius 2 is 2.42 bits per heavy atom. The largest absolute Gasteiger partial charge is 0.353 e. The molecular formula is C7H11BrN2O2. The second-order valence-electron chi connectivity index (χ2n) is 2.73. The number of alkyl halides is 1. The van der Waals surface area contributed by atoms with E-state index < -0.39 is 0 Å². The summed E-state index contributed by atoms with van der Waals surface area (Å²) < 4.78 is 0. The molecule has 5 heteroatoms. The molecule has 0 saturated carbocycles. The van der Waals surface area contributed by atoms with Crippen LogP contribution in [-0.2, 0) is 9.59 Å². The molecule has 1 heterocycles. The molecule has 12 heavy (non-hydrogen) atoms. The lowest BCUT2D eigenvalue weighted by Gasteiger charge is -2.27. The number of carbonyl (C=O) groups is 2. The van der Waals surface area contributed by atoms with E-state index in [0.717, 1.165) is 0 Å². The molecule has 68 valence electrons. The number of rotatable bonds is 1. The van der Waals surface area contributed by atoms with E-state index in [9.17, 15) is 9.59 Å². The van der Waals surface area contributed by atoms with Gasteiger partial charge in [-0.05, 0) is 6.92 Å². The van der Waals surface area contributed by atoms with Gasteiger partial charge in [0.1, 0.15) is 0 Å². The summed E-state index contributed by atoms with van der Waals surface area (Å²) in [6.07, 6.45) is 0. The van der Waals surface area contributed by atoms with Crippen LogP contribution in [-0.4, -0.2) is 41.2 Å². The molecule has 4 nitrogen and oxygen atoms in total. The quantitative estimate of drug-likeness (QED) is 0.636. The molecule has 1 atom stereocenters. The highest BCUT2D eigenvalue weighted by atomic mass is 79.9. The van der Waals surface area contributed by atoms with Crippen molar-refractivity contribution in [1.29, 1.82) is 0 Å². The number of hydrogen-bond acceptors (Lipinski definition) is 2. The summed E-state index contributed by atoms with van der Waals surface area (Å²) in [6, 6.07) is 0. The molecule has 0 aromatic carbocycles. The van der Waals surface area contributed by atoms with Crippen LogP contribution in [0.4, 0.5) is 0 Å². The lowest BCUT2D eigenvalue weighted by Crippen LogP contribution is -2.51. The Labute approximate surface area is 79.4 Å². The van der Waals surface area contributed by atoms with Crippen LogP contribution in [0.5, 0.6) is 0 Å². The summed E-state index contributed by atoms with van der Waals surface area (Å²) in [7, 11) is 0. The lowest BCUT2D eigenvalue weighted by atomic mass is 10.3. The summed E-state index contributed by atoms with van der Waals surface area (Å²) in [5.41, 5.74) is 0. The maximum atomic E-state index is 11.3. The van der Waals surface area contributed by atoms with Crippen molar-refractivity contribution < 1.29 is 9.59 Å². The van der Waals surface area contributed by atoms with Gasteiger partial charge < -0.3 is 10.2 Å². The Morgan fingerprint density at radius 1 is 1.75 bits per heavy atom. The van der Waals surface area contributed by atoms with Crippen molar-refractivity contribution in [2.75, 3.05) is 19.6 Å². The number of nitrogens with one attached hydrogen (secondary N) is 1. The first-order valence-electron chi connectivity index (χ1n) is 3.81. The Morgan fingerprint density at radius 3 is 2.92 bits per heavy atom. The van der Waals surface area contributed by atoms with Gasteiger partial charge >= 0.3 is 0 Å². The summed E-state index contributed by atoms with van der Waals surface area (Å²) in [5, 5.41) is 2.66. The van der Waals surface area contributed by atoms with E-state index in [0.29, 0.717) is 13.1 Å². The number of amides is 2. The minimum atomic E-state index is -0.205. The van der Waals surface area contributed by atoms with Crippen LogP contribution < -0.4 is 5.32 Å². The molecule has 1 saturated heterocycles. The van der Waals surface area contributed by atoms with E-state index in [-0.39, 0.29) is 23.2 Å². The lowest BCUT2D eigenvalue weighted by molar-refractivity contribution is -0.137. The van der Waals surface area contributed by atoms with Gasteiger partial charge in [-0.2, -0.15) is 0 Å². The van der Waals surface area contributed by atoms with E-state index in [1.54, 1.807) is 11.8 Å². The summed E-state index contributed by atoms with van der Waals surface area (Å²) in [4.78, 5) is 23.6. The summed E-state index contributed by atoms with van der Waals surface area (Å²) in [6.45, 7) is 3.12. The molecule has 0 aromatic rings. The van der Waals surface area contributed by atoms with Gasteiger partial charge in [0.2, 0.25) is 11.8 Å². The van der Waals surface area contributed by atoms with Crippen molar-refractivity contribution in [2.45, 2.75) is 11.8 Å². The maximum absolute atomic E-state index is 11.3. The zero-order chi connectivity index (χ0) is 9.14. The molecule has 1 aliphatic heterocycles. The van der Waals surface area contributed by atoms with Crippen LogP contribution in [0.15, 0.2) is 0 Å². The zero-order valence-electron chi connectivity index (χ0n) is 6.84. The predicted octanol–water partition coefficient (Wildman–Crippen LogP) is -0.272. The van der Waals surface area contributed by atoms with Crippen LogP contribution in [0, 0.1) is 0 Å². The molecule has 0 aliphatic carbocycles. The van der Waals surface area contributed by atoms with E-state index in [4.69, 9.17) is 0 Å². The van der Waals surface area contributed by atoms with Crippen molar-refractivity contribution in [3.63, 3.8) is 0 Å². The van der Waals surface area contributed by atoms with Crippen LogP contribution in [0.25, 0.3) is 0 Å². The van der Waals surface area contributed by atoms with Crippen molar-refractivity contribution in [3.05, 3.63) is 0 Å². The SMILES string of the molecule is CC(Br)C(=O)N1CCNC(=O)C1. The number of hydrogen-bond donors (Lipinski definition) is 1. The molecule has 0 radical (unpaired) electrons. The third kappa shape index (κ3) is 2.20. The molecule has 1 aliphatic rings. The Bertz CT molecular complexity index is 206. The van der Waals surface area contributed by atoms with Crippen LogP contribution in [0.3, 0.4) is 0 Å². The number of piperazine rings is 1. The van der Waals surface area contributed by atoms with E-state index in [1.165, 1.54) is 0 Å². The van der Waals surface area contributed by atoms with Gasteiger partial charge in [-0.1, -0.05) is 15.9 Å². The van der Waals surface area contributed by atoms with Gasteiger partial charge in [-0.25, -0.2) is 0 Å². The first-order valence-corrected chi connectivity index (χ1v) is 4.72. The Balaban J connectivity index is 2.51. The molecule has 1 unspecified atom stereocenters. The molecule has 0 spiro atoms. The smallest absolute Gasteiger partial charge is 0.239 e. The molecule has 1 rings (SSSR count). The molecular weight excluding hydrogens is 224 g/mol. The van der Waals surface area contributed by atoms with Crippen molar-refractivity contribution in [2.24, 2.45) is 0 Å². The average Bonchev–Trinajstić information content (AvgIpc) is 2.03. The highest BCUT2D eigenvalue weighted by Crippen LogP contribution is 2.04. The van der Waals surface area contributed by atoms with Gasteiger partial charge in [-0.15, -0.1) is 0 Å². The highest BCUT2D eigenvalue weighted by molar-refractivity contribution is 9.10. The fraction of sp³-hybridized carbons (Fsp3) is 0.714. The third-order valence-corrected chi connectivity index (χ3v) is 2.08. The van der Waals surface area contributed by atoms with Crippen molar-refractivity contribution in [1.82, 2.24) is 10.2 Å². The number of nitrogens with zero attached hydrogens (tertiary/aromatic N) is 1. The van der Waals surface area contributed by atoms with Crippen LogP contribution in [0.2, 0.25) is 0 Å². The number of carbonyl (C=O) groups excluding carboxylic acids is 2. The monoisotopic (exact) mass is 234 g/mol. The zero-order valence-corrected chi connectivity index (χ0v) is 8.43. The minimum Gasteiger partial charge on any atom is -0.353 e. The van der Waals surface area contributed by atoms with E-state index in [2.05, 4.69) is 21.2 Å². The average molecular weight is 235 g/mol.